The Labute approximate surface area is 137 Å². The number of nitrogens with one attached hydrogen (secondary N) is 1. The smallest absolute Gasteiger partial charge is 0.240 e. The number of nitrogens with zero attached hydrogens (tertiary/aromatic N) is 3. The number of morpholine rings is 1. The van der Waals surface area contributed by atoms with E-state index in [1.54, 1.807) is 12.1 Å². The second-order valence-corrected chi connectivity index (χ2v) is 6.30. The minimum Gasteiger partial charge on any atom is -0.379 e. The molecule has 1 amide bonds. The van der Waals surface area contributed by atoms with Gasteiger partial charge in [-0.1, -0.05) is 23.5 Å². The molecule has 0 aliphatic carbocycles. The molecule has 1 saturated heterocycles. The van der Waals surface area contributed by atoms with E-state index in [0.717, 1.165) is 23.7 Å². The fourth-order valence-electron chi connectivity index (χ4n) is 2.27. The third-order valence-corrected chi connectivity index (χ3v) is 4.29. The average Bonchev–Trinajstić information content (AvgIpc) is 2.97. The zero-order valence-electron chi connectivity index (χ0n) is 12.5. The first-order valence-corrected chi connectivity index (χ1v) is 8.17. The van der Waals surface area contributed by atoms with Gasteiger partial charge in [0.15, 0.2) is 0 Å². The summed E-state index contributed by atoms with van der Waals surface area (Å²) in [6.45, 7) is 3.18. The molecule has 3 rings (SSSR count). The van der Waals surface area contributed by atoms with E-state index < -0.39 is 0 Å². The molecule has 0 radical (unpaired) electrons. The minimum absolute atomic E-state index is 0.101. The molecule has 0 spiro atoms. The van der Waals surface area contributed by atoms with E-state index >= 15 is 0 Å². The van der Waals surface area contributed by atoms with Crippen LogP contribution in [0, 0.1) is 5.82 Å². The molecule has 1 N–H and O–H groups in total. The summed E-state index contributed by atoms with van der Waals surface area (Å²) in [5, 5.41) is 12.1. The van der Waals surface area contributed by atoms with Crippen LogP contribution in [-0.2, 0) is 16.0 Å². The molecule has 0 saturated carbocycles. The summed E-state index contributed by atoms with van der Waals surface area (Å²) in [6, 6.07) is 6.27. The summed E-state index contributed by atoms with van der Waals surface area (Å²) in [5.41, 5.74) is 0.953. The van der Waals surface area contributed by atoms with Crippen molar-refractivity contribution in [1.29, 1.82) is 0 Å². The average molecular weight is 336 g/mol. The Morgan fingerprint density at radius 3 is 2.74 bits per heavy atom. The van der Waals surface area contributed by atoms with Gasteiger partial charge < -0.3 is 4.74 Å². The van der Waals surface area contributed by atoms with E-state index in [4.69, 9.17) is 4.74 Å². The van der Waals surface area contributed by atoms with Gasteiger partial charge in [0.2, 0.25) is 11.0 Å². The van der Waals surface area contributed by atoms with Gasteiger partial charge in [0.25, 0.3) is 0 Å². The number of carbonyl (C=O) groups is 1. The lowest BCUT2D eigenvalue weighted by molar-refractivity contribution is -0.118. The van der Waals surface area contributed by atoms with Gasteiger partial charge in [-0.05, 0) is 17.7 Å². The van der Waals surface area contributed by atoms with Crippen LogP contribution in [-0.4, -0.2) is 53.9 Å². The number of benzene rings is 1. The van der Waals surface area contributed by atoms with Crippen LogP contribution in [0.2, 0.25) is 0 Å². The summed E-state index contributed by atoms with van der Waals surface area (Å²) in [5.74, 6) is -0.363. The predicted molar refractivity (Wildman–Crippen MR) is 85.0 cm³/mol. The molecule has 1 fully saturated rings. The van der Waals surface area contributed by atoms with E-state index in [1.807, 2.05) is 4.90 Å². The molecule has 0 unspecified atom stereocenters. The van der Waals surface area contributed by atoms with E-state index in [-0.39, 0.29) is 11.7 Å². The highest BCUT2D eigenvalue weighted by molar-refractivity contribution is 7.15. The molecule has 2 aromatic rings. The van der Waals surface area contributed by atoms with Crippen molar-refractivity contribution in [1.82, 2.24) is 15.1 Å². The van der Waals surface area contributed by atoms with Crippen LogP contribution in [0.25, 0.3) is 0 Å². The largest absolute Gasteiger partial charge is 0.379 e. The zero-order valence-corrected chi connectivity index (χ0v) is 13.3. The molecular weight excluding hydrogens is 319 g/mol. The maximum absolute atomic E-state index is 12.9. The number of rotatable bonds is 5. The van der Waals surface area contributed by atoms with Crippen LogP contribution in [0.15, 0.2) is 24.3 Å². The number of halogens is 1. The fraction of sp³-hybridized carbons (Fsp3) is 0.400. The van der Waals surface area contributed by atoms with Crippen LogP contribution < -0.4 is 5.32 Å². The number of ether oxygens (including phenoxy) is 1. The van der Waals surface area contributed by atoms with Crippen LogP contribution in [0.1, 0.15) is 10.6 Å². The highest BCUT2D eigenvalue weighted by Gasteiger charge is 2.15. The van der Waals surface area contributed by atoms with Crippen LogP contribution in [0.5, 0.6) is 0 Å². The fourth-order valence-corrected chi connectivity index (χ4v) is 3.06. The molecule has 0 bridgehead atoms. The quantitative estimate of drug-likeness (QED) is 0.897. The topological polar surface area (TPSA) is 67.3 Å². The molecule has 1 aromatic heterocycles. The van der Waals surface area contributed by atoms with Gasteiger partial charge in [-0.15, -0.1) is 10.2 Å². The van der Waals surface area contributed by atoms with Crippen molar-refractivity contribution in [2.45, 2.75) is 6.42 Å². The van der Waals surface area contributed by atoms with Crippen molar-refractivity contribution in [3.8, 4) is 0 Å². The molecule has 122 valence electrons. The number of hydrogen-bond donors (Lipinski definition) is 1. The van der Waals surface area contributed by atoms with Crippen LogP contribution in [0.4, 0.5) is 9.52 Å². The SMILES string of the molecule is O=C(CN1CCOCC1)Nc1nnc(Cc2ccc(F)cc2)s1. The van der Waals surface area contributed by atoms with E-state index in [2.05, 4.69) is 15.5 Å². The molecule has 1 aliphatic rings. The first kappa shape index (κ1) is 16.0. The highest BCUT2D eigenvalue weighted by atomic mass is 32.1. The Kier molecular flexibility index (Phi) is 5.27. The number of amides is 1. The van der Waals surface area contributed by atoms with Gasteiger partial charge >= 0.3 is 0 Å². The Morgan fingerprint density at radius 2 is 2.00 bits per heavy atom. The molecule has 1 aromatic carbocycles. The summed E-state index contributed by atoms with van der Waals surface area (Å²) in [4.78, 5) is 14.0. The van der Waals surface area contributed by atoms with Gasteiger partial charge in [0.1, 0.15) is 10.8 Å². The summed E-state index contributed by atoms with van der Waals surface area (Å²) >= 11 is 1.33. The van der Waals surface area contributed by atoms with Crippen molar-refractivity contribution in [3.63, 3.8) is 0 Å². The first-order valence-electron chi connectivity index (χ1n) is 7.36. The summed E-state index contributed by atoms with van der Waals surface area (Å²) < 4.78 is 18.1. The molecule has 0 atom stereocenters. The van der Waals surface area contributed by atoms with Gasteiger partial charge in [-0.25, -0.2) is 4.39 Å². The number of hydrogen-bond acceptors (Lipinski definition) is 6. The van der Waals surface area contributed by atoms with Crippen LogP contribution >= 0.6 is 11.3 Å². The van der Waals surface area contributed by atoms with E-state index in [9.17, 15) is 9.18 Å². The maximum atomic E-state index is 12.9. The number of carbonyl (C=O) groups excluding carboxylic acids is 1. The lowest BCUT2D eigenvalue weighted by atomic mass is 10.2. The summed E-state index contributed by atoms with van der Waals surface area (Å²) in [6.07, 6.45) is 0.567. The summed E-state index contributed by atoms with van der Waals surface area (Å²) in [7, 11) is 0. The van der Waals surface area contributed by atoms with Crippen molar-refractivity contribution < 1.29 is 13.9 Å². The maximum Gasteiger partial charge on any atom is 0.240 e. The Hall–Kier alpha value is -1.90. The molecule has 23 heavy (non-hydrogen) atoms. The minimum atomic E-state index is -0.262. The first-order chi connectivity index (χ1) is 11.2. The van der Waals surface area contributed by atoms with Crippen molar-refractivity contribution in [2.24, 2.45) is 0 Å². The molecule has 1 aliphatic heterocycles. The van der Waals surface area contributed by atoms with Gasteiger partial charge in [-0.3, -0.25) is 15.0 Å². The lowest BCUT2D eigenvalue weighted by Crippen LogP contribution is -2.41. The zero-order chi connectivity index (χ0) is 16.1. The predicted octanol–water partition coefficient (Wildman–Crippen LogP) is 1.54. The van der Waals surface area contributed by atoms with Crippen molar-refractivity contribution in [3.05, 3.63) is 40.7 Å². The van der Waals surface area contributed by atoms with Crippen molar-refractivity contribution >= 4 is 22.4 Å². The van der Waals surface area contributed by atoms with E-state index in [0.29, 0.717) is 31.3 Å². The Morgan fingerprint density at radius 1 is 1.26 bits per heavy atom. The standard InChI is InChI=1S/C15H17FN4O2S/c16-12-3-1-11(2-4-12)9-14-18-19-15(23-14)17-13(21)10-20-5-7-22-8-6-20/h1-4H,5-10H2,(H,17,19,21). The van der Waals surface area contributed by atoms with Crippen LogP contribution in [0.3, 0.4) is 0 Å². The third-order valence-electron chi connectivity index (χ3n) is 3.45. The van der Waals surface area contributed by atoms with Gasteiger partial charge in [0, 0.05) is 19.5 Å². The Balaban J connectivity index is 1.52. The normalized spacial score (nSPS) is 15.5. The monoisotopic (exact) mass is 336 g/mol. The third kappa shape index (κ3) is 4.78. The van der Waals surface area contributed by atoms with Gasteiger partial charge in [0.05, 0.1) is 19.8 Å². The Bertz CT molecular complexity index is 656. The molecular formula is C15H17FN4O2S. The molecule has 8 heteroatoms. The number of anilines is 1. The second kappa shape index (κ2) is 7.58. The lowest BCUT2D eigenvalue weighted by Gasteiger charge is -2.25. The second-order valence-electron chi connectivity index (χ2n) is 5.24. The van der Waals surface area contributed by atoms with Crippen molar-refractivity contribution in [2.75, 3.05) is 38.2 Å². The van der Waals surface area contributed by atoms with E-state index in [1.165, 1.54) is 23.5 Å². The number of aromatic nitrogens is 2. The highest BCUT2D eigenvalue weighted by Crippen LogP contribution is 2.18. The molecule has 2 heterocycles. The van der Waals surface area contributed by atoms with Gasteiger partial charge in [-0.2, -0.15) is 0 Å². The molecule has 6 nitrogen and oxygen atoms in total.